The predicted molar refractivity (Wildman–Crippen MR) is 77.7 cm³/mol. The normalized spacial score (nSPS) is 19.3. The van der Waals surface area contributed by atoms with Crippen LogP contribution in [0.1, 0.15) is 62.4 Å². The van der Waals surface area contributed by atoms with Gasteiger partial charge in [-0.05, 0) is 26.3 Å². The molecule has 1 unspecified atom stereocenters. The number of nitrogens with zero attached hydrogens (tertiary/aromatic N) is 3. The van der Waals surface area contributed by atoms with Gasteiger partial charge in [0.1, 0.15) is 5.82 Å². The first-order chi connectivity index (χ1) is 9.61. The van der Waals surface area contributed by atoms with Crippen molar-refractivity contribution in [1.29, 1.82) is 0 Å². The Morgan fingerprint density at radius 3 is 2.80 bits per heavy atom. The minimum Gasteiger partial charge on any atom is -0.335 e. The molecule has 0 aliphatic carbocycles. The largest absolute Gasteiger partial charge is 0.335 e. The van der Waals surface area contributed by atoms with E-state index < -0.39 is 0 Å². The average Bonchev–Trinajstić information content (AvgIpc) is 2.95. The van der Waals surface area contributed by atoms with Gasteiger partial charge in [0.25, 0.3) is 5.91 Å². The second kappa shape index (κ2) is 6.83. The summed E-state index contributed by atoms with van der Waals surface area (Å²) in [5.41, 5.74) is 0. The number of carbonyl (C=O) groups is 1. The van der Waals surface area contributed by atoms with Crippen LogP contribution in [0.4, 0.5) is 0 Å². The SMILES string of the molecule is CCN(CC1CCCCN1)C(=O)c1n[nH]c(C(C)C)n1. The van der Waals surface area contributed by atoms with E-state index in [9.17, 15) is 4.79 Å². The van der Waals surface area contributed by atoms with Crippen molar-refractivity contribution in [1.82, 2.24) is 25.4 Å². The number of hydrogen-bond donors (Lipinski definition) is 2. The molecular weight excluding hydrogens is 254 g/mol. The fraction of sp³-hybridized carbons (Fsp3) is 0.786. The number of aromatic amines is 1. The van der Waals surface area contributed by atoms with E-state index in [1.54, 1.807) is 0 Å². The molecule has 1 aromatic heterocycles. The first-order valence-corrected chi connectivity index (χ1v) is 7.56. The van der Waals surface area contributed by atoms with E-state index in [0.717, 1.165) is 25.3 Å². The van der Waals surface area contributed by atoms with Crippen molar-refractivity contribution in [2.24, 2.45) is 0 Å². The summed E-state index contributed by atoms with van der Waals surface area (Å²) in [4.78, 5) is 18.6. The minimum absolute atomic E-state index is 0.0805. The Morgan fingerprint density at radius 1 is 1.45 bits per heavy atom. The molecule has 2 N–H and O–H groups in total. The molecule has 0 bridgehead atoms. The van der Waals surface area contributed by atoms with Crippen LogP contribution in [-0.2, 0) is 0 Å². The summed E-state index contributed by atoms with van der Waals surface area (Å²) >= 11 is 0. The van der Waals surface area contributed by atoms with Crippen molar-refractivity contribution in [3.8, 4) is 0 Å². The second-order valence-electron chi connectivity index (χ2n) is 5.69. The predicted octanol–water partition coefficient (Wildman–Crippen LogP) is 1.53. The molecule has 6 heteroatoms. The van der Waals surface area contributed by atoms with E-state index in [0.29, 0.717) is 12.6 Å². The van der Waals surface area contributed by atoms with Gasteiger partial charge in [-0.15, -0.1) is 5.10 Å². The van der Waals surface area contributed by atoms with Gasteiger partial charge in [-0.2, -0.15) is 0 Å². The maximum absolute atomic E-state index is 12.4. The fourth-order valence-electron chi connectivity index (χ4n) is 2.47. The van der Waals surface area contributed by atoms with Gasteiger partial charge in [0.15, 0.2) is 0 Å². The van der Waals surface area contributed by atoms with Crippen LogP contribution in [0.15, 0.2) is 0 Å². The Balaban J connectivity index is 1.99. The van der Waals surface area contributed by atoms with Crippen LogP contribution >= 0.6 is 0 Å². The van der Waals surface area contributed by atoms with Crippen molar-refractivity contribution in [3.63, 3.8) is 0 Å². The highest BCUT2D eigenvalue weighted by Gasteiger charge is 2.23. The number of aromatic nitrogens is 3. The summed E-state index contributed by atoms with van der Waals surface area (Å²) in [5.74, 6) is 1.22. The molecule has 0 radical (unpaired) electrons. The summed E-state index contributed by atoms with van der Waals surface area (Å²) in [6.45, 7) is 8.52. The first kappa shape index (κ1) is 15.0. The second-order valence-corrected chi connectivity index (χ2v) is 5.69. The van der Waals surface area contributed by atoms with Gasteiger partial charge in [-0.1, -0.05) is 20.3 Å². The lowest BCUT2D eigenvalue weighted by atomic mass is 10.0. The third-order valence-corrected chi connectivity index (χ3v) is 3.76. The third-order valence-electron chi connectivity index (χ3n) is 3.76. The molecule has 0 aromatic carbocycles. The van der Waals surface area contributed by atoms with Gasteiger partial charge in [0, 0.05) is 25.0 Å². The van der Waals surface area contributed by atoms with Crippen LogP contribution < -0.4 is 5.32 Å². The number of piperidine rings is 1. The lowest BCUT2D eigenvalue weighted by Gasteiger charge is -2.29. The molecular formula is C14H25N5O. The fourth-order valence-corrected chi connectivity index (χ4v) is 2.47. The van der Waals surface area contributed by atoms with Gasteiger partial charge in [0.05, 0.1) is 0 Å². The van der Waals surface area contributed by atoms with E-state index in [1.807, 2.05) is 25.7 Å². The smallest absolute Gasteiger partial charge is 0.293 e. The summed E-state index contributed by atoms with van der Waals surface area (Å²) < 4.78 is 0. The average molecular weight is 279 g/mol. The standard InChI is InChI=1S/C14H25N5O/c1-4-19(9-11-7-5-6-8-15-11)14(20)13-16-12(10(2)3)17-18-13/h10-11,15H,4-9H2,1-3H3,(H,16,17,18). The Hall–Kier alpha value is -1.43. The van der Waals surface area contributed by atoms with Crippen LogP contribution in [0.3, 0.4) is 0 Å². The van der Waals surface area contributed by atoms with Crippen molar-refractivity contribution in [2.75, 3.05) is 19.6 Å². The third kappa shape index (κ3) is 3.56. The molecule has 1 aromatic rings. The number of carbonyl (C=O) groups excluding carboxylic acids is 1. The van der Waals surface area contributed by atoms with E-state index in [1.165, 1.54) is 12.8 Å². The van der Waals surface area contributed by atoms with E-state index in [4.69, 9.17) is 0 Å². The number of H-pyrrole nitrogens is 1. The van der Waals surface area contributed by atoms with E-state index >= 15 is 0 Å². The molecule has 1 saturated heterocycles. The van der Waals surface area contributed by atoms with Crippen LogP contribution in [0.25, 0.3) is 0 Å². The Morgan fingerprint density at radius 2 is 2.25 bits per heavy atom. The Labute approximate surface area is 120 Å². The topological polar surface area (TPSA) is 73.9 Å². The zero-order valence-corrected chi connectivity index (χ0v) is 12.6. The van der Waals surface area contributed by atoms with E-state index in [-0.39, 0.29) is 17.6 Å². The van der Waals surface area contributed by atoms with Gasteiger partial charge in [0.2, 0.25) is 5.82 Å². The highest BCUT2D eigenvalue weighted by Crippen LogP contribution is 2.12. The van der Waals surface area contributed by atoms with Gasteiger partial charge < -0.3 is 10.2 Å². The molecule has 20 heavy (non-hydrogen) atoms. The van der Waals surface area contributed by atoms with E-state index in [2.05, 4.69) is 20.5 Å². The quantitative estimate of drug-likeness (QED) is 0.857. The minimum atomic E-state index is -0.0805. The maximum atomic E-state index is 12.4. The molecule has 1 aliphatic heterocycles. The van der Waals surface area contributed by atoms with Crippen molar-refractivity contribution < 1.29 is 4.79 Å². The number of likely N-dealkylation sites (N-methyl/N-ethyl adjacent to an activating group) is 1. The molecule has 112 valence electrons. The lowest BCUT2D eigenvalue weighted by Crippen LogP contribution is -2.46. The number of amides is 1. The lowest BCUT2D eigenvalue weighted by molar-refractivity contribution is 0.0729. The summed E-state index contributed by atoms with van der Waals surface area (Å²) in [5, 5.41) is 10.4. The van der Waals surface area contributed by atoms with Gasteiger partial charge in [-0.3, -0.25) is 9.89 Å². The zero-order chi connectivity index (χ0) is 14.5. The molecule has 0 saturated carbocycles. The zero-order valence-electron chi connectivity index (χ0n) is 12.6. The maximum Gasteiger partial charge on any atom is 0.293 e. The molecule has 2 heterocycles. The highest BCUT2D eigenvalue weighted by atomic mass is 16.2. The number of nitrogens with one attached hydrogen (secondary N) is 2. The van der Waals surface area contributed by atoms with Gasteiger partial charge >= 0.3 is 0 Å². The monoisotopic (exact) mass is 279 g/mol. The van der Waals surface area contributed by atoms with Crippen LogP contribution in [0.2, 0.25) is 0 Å². The summed E-state index contributed by atoms with van der Waals surface area (Å²) in [7, 11) is 0. The molecule has 1 aliphatic rings. The molecule has 1 amide bonds. The Kier molecular flexibility index (Phi) is 5.11. The van der Waals surface area contributed by atoms with Crippen molar-refractivity contribution in [2.45, 2.75) is 52.0 Å². The number of rotatable bonds is 5. The van der Waals surface area contributed by atoms with Gasteiger partial charge in [-0.25, -0.2) is 4.98 Å². The molecule has 1 fully saturated rings. The van der Waals surface area contributed by atoms with Crippen LogP contribution in [0, 0.1) is 0 Å². The molecule has 1 atom stereocenters. The molecule has 6 nitrogen and oxygen atoms in total. The van der Waals surface area contributed by atoms with Crippen LogP contribution in [0.5, 0.6) is 0 Å². The van der Waals surface area contributed by atoms with Crippen molar-refractivity contribution >= 4 is 5.91 Å². The molecule has 0 spiro atoms. The first-order valence-electron chi connectivity index (χ1n) is 7.56. The summed E-state index contributed by atoms with van der Waals surface area (Å²) in [6, 6.07) is 0.399. The van der Waals surface area contributed by atoms with Crippen LogP contribution in [-0.4, -0.2) is 51.7 Å². The highest BCUT2D eigenvalue weighted by molar-refractivity contribution is 5.90. The number of hydrogen-bond acceptors (Lipinski definition) is 4. The van der Waals surface area contributed by atoms with Crippen molar-refractivity contribution in [3.05, 3.63) is 11.6 Å². The molecule has 2 rings (SSSR count). The Bertz CT molecular complexity index is 437. The summed E-state index contributed by atoms with van der Waals surface area (Å²) in [6.07, 6.45) is 3.60.